The quantitative estimate of drug-likeness (QED) is 0.360. The summed E-state index contributed by atoms with van der Waals surface area (Å²) in [5.74, 6) is 1.54. The SMILES string of the molecule is COc1cccc(C2CC(c3cccs3)=NN2C(=O)CSc2nnc3[nH]c(=O)c4c(n23)CCC4)c1OC. The van der Waals surface area contributed by atoms with Crippen molar-refractivity contribution in [3.8, 4) is 11.5 Å². The molecule has 2 aliphatic rings. The second-order valence-corrected chi connectivity index (χ2v) is 10.6. The molecule has 0 bridgehead atoms. The summed E-state index contributed by atoms with van der Waals surface area (Å²) in [5.41, 5.74) is 3.28. The lowest BCUT2D eigenvalue weighted by Crippen LogP contribution is -2.29. The summed E-state index contributed by atoms with van der Waals surface area (Å²) in [6.45, 7) is 0. The summed E-state index contributed by atoms with van der Waals surface area (Å²) in [7, 11) is 3.19. The number of H-pyrrole nitrogens is 1. The number of carbonyl (C=O) groups excluding carboxylic acids is 1. The second kappa shape index (κ2) is 9.67. The lowest BCUT2D eigenvalue weighted by molar-refractivity contribution is -0.130. The zero-order valence-corrected chi connectivity index (χ0v) is 21.9. The molecule has 1 amide bonds. The number of methoxy groups -OCH3 is 2. The lowest BCUT2D eigenvalue weighted by atomic mass is 9.99. The molecule has 1 aliphatic carbocycles. The zero-order chi connectivity index (χ0) is 25.5. The molecule has 1 aliphatic heterocycles. The minimum Gasteiger partial charge on any atom is -0.493 e. The van der Waals surface area contributed by atoms with Gasteiger partial charge in [0.1, 0.15) is 0 Å². The minimum atomic E-state index is -0.342. The topological polar surface area (TPSA) is 114 Å². The first kappa shape index (κ1) is 23.7. The number of nitrogens with one attached hydrogen (secondary N) is 1. The van der Waals surface area contributed by atoms with Gasteiger partial charge < -0.3 is 9.47 Å². The van der Waals surface area contributed by atoms with Crippen LogP contribution in [-0.4, -0.2) is 56.2 Å². The number of thioether (sulfide) groups is 1. The maximum Gasteiger partial charge on any atom is 0.255 e. The average molecular weight is 537 g/mol. The largest absolute Gasteiger partial charge is 0.493 e. The van der Waals surface area contributed by atoms with Gasteiger partial charge in [0.15, 0.2) is 16.7 Å². The van der Waals surface area contributed by atoms with Crippen molar-refractivity contribution in [3.63, 3.8) is 0 Å². The maximum absolute atomic E-state index is 13.6. The standard InChI is InChI=1S/C25H24N6O4S2/c1-34-19-9-4-6-14(22(19)35-2)18-12-16(20-10-5-11-36-20)29-31(18)21(32)13-37-25-28-27-24-26-23(33)15-7-3-8-17(15)30(24)25/h4-6,9-11,18H,3,7-8,12-13H2,1-2H3,(H,26,27,33). The van der Waals surface area contributed by atoms with Crippen molar-refractivity contribution in [2.75, 3.05) is 20.0 Å². The maximum atomic E-state index is 13.6. The smallest absolute Gasteiger partial charge is 0.255 e. The average Bonchev–Trinajstić information content (AvgIpc) is 3.72. The van der Waals surface area contributed by atoms with Gasteiger partial charge in [-0.2, -0.15) is 5.10 Å². The molecule has 10 nitrogen and oxygen atoms in total. The Balaban J connectivity index is 1.31. The third-order valence-electron chi connectivity index (χ3n) is 6.68. The van der Waals surface area contributed by atoms with Gasteiger partial charge in [-0.25, -0.2) is 5.01 Å². The number of hydrazone groups is 1. The van der Waals surface area contributed by atoms with Crippen molar-refractivity contribution in [3.05, 3.63) is 67.8 Å². The van der Waals surface area contributed by atoms with E-state index in [9.17, 15) is 9.59 Å². The number of rotatable bonds is 7. The summed E-state index contributed by atoms with van der Waals surface area (Å²) < 4.78 is 13.1. The number of thiophene rings is 1. The number of nitrogens with zero attached hydrogens (tertiary/aromatic N) is 5. The molecular weight excluding hydrogens is 512 g/mol. The predicted molar refractivity (Wildman–Crippen MR) is 141 cm³/mol. The van der Waals surface area contributed by atoms with E-state index in [1.165, 1.54) is 11.8 Å². The van der Waals surface area contributed by atoms with Gasteiger partial charge in [0.2, 0.25) is 5.78 Å². The number of benzene rings is 1. The molecule has 0 saturated heterocycles. The highest BCUT2D eigenvalue weighted by atomic mass is 32.2. The molecule has 0 saturated carbocycles. The van der Waals surface area contributed by atoms with E-state index in [2.05, 4.69) is 15.2 Å². The first-order chi connectivity index (χ1) is 18.1. The number of aromatic amines is 1. The monoisotopic (exact) mass is 536 g/mol. The van der Waals surface area contributed by atoms with E-state index in [-0.39, 0.29) is 23.3 Å². The fourth-order valence-electron chi connectivity index (χ4n) is 5.02. The molecule has 12 heteroatoms. The Labute approximate surface area is 220 Å². The molecule has 0 fully saturated rings. The van der Waals surface area contributed by atoms with Crippen molar-refractivity contribution < 1.29 is 14.3 Å². The van der Waals surface area contributed by atoms with E-state index >= 15 is 0 Å². The van der Waals surface area contributed by atoms with Crippen molar-refractivity contribution in [1.29, 1.82) is 0 Å². The Kier molecular flexibility index (Phi) is 6.21. The highest BCUT2D eigenvalue weighted by Crippen LogP contribution is 2.42. The Morgan fingerprint density at radius 2 is 2.08 bits per heavy atom. The number of hydrogen-bond acceptors (Lipinski definition) is 9. The number of hydrogen-bond donors (Lipinski definition) is 1. The summed E-state index contributed by atoms with van der Waals surface area (Å²) in [5, 5.41) is 17.3. The first-order valence-electron chi connectivity index (χ1n) is 11.8. The fraction of sp³-hybridized carbons (Fsp3) is 0.320. The van der Waals surface area contributed by atoms with Gasteiger partial charge in [-0.1, -0.05) is 30.0 Å². The van der Waals surface area contributed by atoms with Crippen molar-refractivity contribution in [1.82, 2.24) is 24.6 Å². The normalized spacial score (nSPS) is 16.8. The molecule has 4 heterocycles. The van der Waals surface area contributed by atoms with E-state index in [1.807, 2.05) is 40.1 Å². The third-order valence-corrected chi connectivity index (χ3v) is 8.51. The third kappa shape index (κ3) is 4.09. The van der Waals surface area contributed by atoms with Crippen LogP contribution < -0.4 is 15.0 Å². The van der Waals surface area contributed by atoms with Crippen LogP contribution in [0.4, 0.5) is 0 Å². The van der Waals surface area contributed by atoms with Gasteiger partial charge in [0.05, 0.1) is 36.6 Å². The van der Waals surface area contributed by atoms with E-state index in [4.69, 9.17) is 14.6 Å². The molecule has 0 radical (unpaired) electrons. The highest BCUT2D eigenvalue weighted by Gasteiger charge is 2.36. The summed E-state index contributed by atoms with van der Waals surface area (Å²) in [4.78, 5) is 29.8. The van der Waals surface area contributed by atoms with Crippen LogP contribution in [0.15, 0.2) is 50.8 Å². The number of aryl methyl sites for hydroxylation is 1. The lowest BCUT2D eigenvalue weighted by Gasteiger charge is -2.24. The van der Waals surface area contributed by atoms with Gasteiger partial charge in [-0.3, -0.25) is 19.0 Å². The van der Waals surface area contributed by atoms with Gasteiger partial charge in [0.25, 0.3) is 11.5 Å². The number of amides is 1. The Hall–Kier alpha value is -3.64. The van der Waals surface area contributed by atoms with Crippen molar-refractivity contribution in [2.45, 2.75) is 36.9 Å². The van der Waals surface area contributed by atoms with E-state index in [1.54, 1.807) is 30.6 Å². The van der Waals surface area contributed by atoms with Crippen LogP contribution >= 0.6 is 23.1 Å². The molecule has 1 aromatic carbocycles. The van der Waals surface area contributed by atoms with Gasteiger partial charge in [-0.15, -0.1) is 21.5 Å². The predicted octanol–water partition coefficient (Wildman–Crippen LogP) is 3.46. The number of aromatic nitrogens is 4. The van der Waals surface area contributed by atoms with E-state index in [0.29, 0.717) is 28.9 Å². The van der Waals surface area contributed by atoms with Crippen LogP contribution in [0.5, 0.6) is 11.5 Å². The molecule has 1 N–H and O–H groups in total. The first-order valence-corrected chi connectivity index (χ1v) is 13.7. The molecule has 6 rings (SSSR count). The fourth-order valence-corrected chi connectivity index (χ4v) is 6.56. The summed E-state index contributed by atoms with van der Waals surface area (Å²) >= 11 is 2.88. The molecular formula is C25H24N6O4S2. The van der Waals surface area contributed by atoms with Crippen LogP contribution in [0, 0.1) is 0 Å². The van der Waals surface area contributed by atoms with Gasteiger partial charge in [0, 0.05) is 23.2 Å². The van der Waals surface area contributed by atoms with Crippen molar-refractivity contribution in [2.24, 2.45) is 5.10 Å². The summed E-state index contributed by atoms with van der Waals surface area (Å²) in [6, 6.07) is 9.31. The van der Waals surface area contributed by atoms with E-state index in [0.717, 1.165) is 46.7 Å². The van der Waals surface area contributed by atoms with Crippen LogP contribution in [-0.2, 0) is 17.6 Å². The molecule has 3 aromatic heterocycles. The molecule has 4 aromatic rings. The number of para-hydroxylation sites is 1. The molecule has 1 atom stereocenters. The molecule has 0 spiro atoms. The van der Waals surface area contributed by atoms with Gasteiger partial charge >= 0.3 is 0 Å². The summed E-state index contributed by atoms with van der Waals surface area (Å²) in [6.07, 6.45) is 2.99. The van der Waals surface area contributed by atoms with Crippen molar-refractivity contribution >= 4 is 40.5 Å². The van der Waals surface area contributed by atoms with Gasteiger partial charge in [-0.05, 0) is 36.8 Å². The number of carbonyl (C=O) groups is 1. The van der Waals surface area contributed by atoms with E-state index < -0.39 is 0 Å². The highest BCUT2D eigenvalue weighted by molar-refractivity contribution is 7.99. The Morgan fingerprint density at radius 3 is 2.86 bits per heavy atom. The molecule has 37 heavy (non-hydrogen) atoms. The number of fused-ring (bicyclic) bond motifs is 3. The molecule has 1 unspecified atom stereocenters. The molecule has 190 valence electrons. The zero-order valence-electron chi connectivity index (χ0n) is 20.3. The van der Waals surface area contributed by atoms with Crippen LogP contribution in [0.25, 0.3) is 5.78 Å². The Bertz CT molecular complexity index is 1580. The number of ether oxygens (including phenoxy) is 2. The van der Waals surface area contributed by atoms with Crippen LogP contribution in [0.3, 0.4) is 0 Å². The van der Waals surface area contributed by atoms with Crippen LogP contribution in [0.1, 0.15) is 40.6 Å². The minimum absolute atomic E-state index is 0.109. The second-order valence-electron chi connectivity index (χ2n) is 8.73. The Morgan fingerprint density at radius 1 is 1.19 bits per heavy atom. The van der Waals surface area contributed by atoms with Crippen LogP contribution in [0.2, 0.25) is 0 Å².